The van der Waals surface area contributed by atoms with Gasteiger partial charge in [0.25, 0.3) is 0 Å². The van der Waals surface area contributed by atoms with E-state index >= 15 is 0 Å². The molecule has 2 N–H and O–H groups in total. The van der Waals surface area contributed by atoms with Crippen molar-refractivity contribution >= 4 is 17.4 Å². The summed E-state index contributed by atoms with van der Waals surface area (Å²) in [5, 5.41) is 16.0. The summed E-state index contributed by atoms with van der Waals surface area (Å²) in [5.74, 6) is -0.373. The SMILES string of the molecule is CO[C@@H](c1ccc(F)cc1)[C@@H](C)NC(=O)Nc1ccncc1[N+](=O)[O-]. The predicted octanol–water partition coefficient (Wildman–Crippen LogP) is 3.03. The van der Waals surface area contributed by atoms with Gasteiger partial charge in [0.2, 0.25) is 0 Å². The Kier molecular flexibility index (Phi) is 5.96. The molecule has 0 unspecified atom stereocenters. The standard InChI is InChI=1S/C16H17FN4O4/c1-10(15(25-2)11-3-5-12(17)6-4-11)19-16(22)20-13-7-8-18-9-14(13)21(23)24/h3-10,15H,1-2H3,(H2,18,19,20,22)/t10-,15-/m1/s1. The number of pyridine rings is 1. The molecule has 2 atom stereocenters. The van der Waals surface area contributed by atoms with Crippen LogP contribution >= 0.6 is 0 Å². The second-order valence-corrected chi connectivity index (χ2v) is 5.24. The van der Waals surface area contributed by atoms with Crippen LogP contribution in [0.5, 0.6) is 0 Å². The zero-order valence-electron chi connectivity index (χ0n) is 13.6. The molecule has 0 aliphatic heterocycles. The van der Waals surface area contributed by atoms with Crippen molar-refractivity contribution in [1.29, 1.82) is 0 Å². The zero-order chi connectivity index (χ0) is 18.4. The highest BCUT2D eigenvalue weighted by molar-refractivity contribution is 5.91. The summed E-state index contributed by atoms with van der Waals surface area (Å²) in [7, 11) is 1.47. The molecule has 1 aromatic carbocycles. The fourth-order valence-electron chi connectivity index (χ4n) is 2.36. The molecule has 0 saturated carbocycles. The van der Waals surface area contributed by atoms with Gasteiger partial charge in [-0.1, -0.05) is 12.1 Å². The second kappa shape index (κ2) is 8.15. The zero-order valence-corrected chi connectivity index (χ0v) is 13.6. The highest BCUT2D eigenvalue weighted by Crippen LogP contribution is 2.23. The number of carbonyl (C=O) groups excluding carboxylic acids is 1. The Bertz CT molecular complexity index is 754. The number of urea groups is 1. The van der Waals surface area contributed by atoms with Gasteiger partial charge in [0.1, 0.15) is 23.8 Å². The van der Waals surface area contributed by atoms with Crippen molar-refractivity contribution in [2.24, 2.45) is 0 Å². The van der Waals surface area contributed by atoms with Crippen molar-refractivity contribution in [1.82, 2.24) is 10.3 Å². The highest BCUT2D eigenvalue weighted by atomic mass is 19.1. The Morgan fingerprint density at radius 3 is 2.60 bits per heavy atom. The monoisotopic (exact) mass is 348 g/mol. The van der Waals surface area contributed by atoms with E-state index in [0.717, 1.165) is 6.20 Å². The number of nitrogens with zero attached hydrogens (tertiary/aromatic N) is 2. The molecular formula is C16H17FN4O4. The summed E-state index contributed by atoms with van der Waals surface area (Å²) < 4.78 is 18.4. The number of rotatable bonds is 6. The van der Waals surface area contributed by atoms with Crippen LogP contribution in [0.15, 0.2) is 42.7 Å². The first-order valence-electron chi connectivity index (χ1n) is 7.36. The third-order valence-electron chi connectivity index (χ3n) is 3.51. The fraction of sp³-hybridized carbons (Fsp3) is 0.250. The maximum absolute atomic E-state index is 13.0. The van der Waals surface area contributed by atoms with E-state index in [4.69, 9.17) is 4.74 Å². The average molecular weight is 348 g/mol. The minimum Gasteiger partial charge on any atom is -0.375 e. The molecule has 0 aliphatic rings. The molecule has 0 bridgehead atoms. The lowest BCUT2D eigenvalue weighted by atomic mass is 10.0. The molecule has 0 aliphatic carbocycles. The Hall–Kier alpha value is -3.07. The third-order valence-corrected chi connectivity index (χ3v) is 3.51. The maximum Gasteiger partial charge on any atom is 0.319 e. The minimum atomic E-state index is -0.636. The van der Waals surface area contributed by atoms with Gasteiger partial charge in [-0.3, -0.25) is 15.1 Å². The Labute approximate surface area is 143 Å². The van der Waals surface area contributed by atoms with Crippen LogP contribution in [0.25, 0.3) is 0 Å². The largest absolute Gasteiger partial charge is 0.375 e. The van der Waals surface area contributed by atoms with Gasteiger partial charge in [-0.15, -0.1) is 0 Å². The lowest BCUT2D eigenvalue weighted by molar-refractivity contribution is -0.384. The van der Waals surface area contributed by atoms with Crippen LogP contribution < -0.4 is 10.6 Å². The Balaban J connectivity index is 2.06. The molecule has 9 heteroatoms. The number of aromatic nitrogens is 1. The van der Waals surface area contributed by atoms with Gasteiger partial charge in [-0.2, -0.15) is 0 Å². The number of halogens is 1. The van der Waals surface area contributed by atoms with Crippen LogP contribution in [-0.4, -0.2) is 29.1 Å². The highest BCUT2D eigenvalue weighted by Gasteiger charge is 2.22. The summed E-state index contributed by atoms with van der Waals surface area (Å²) in [4.78, 5) is 26.1. The van der Waals surface area contributed by atoms with Gasteiger partial charge in [-0.05, 0) is 30.7 Å². The lowest BCUT2D eigenvalue weighted by Gasteiger charge is -2.24. The van der Waals surface area contributed by atoms with Crippen molar-refractivity contribution in [3.8, 4) is 0 Å². The molecule has 0 spiro atoms. The fourth-order valence-corrected chi connectivity index (χ4v) is 2.36. The van der Waals surface area contributed by atoms with E-state index in [-0.39, 0.29) is 17.2 Å². The first kappa shape index (κ1) is 18.3. The van der Waals surface area contributed by atoms with Gasteiger partial charge in [0, 0.05) is 13.3 Å². The Morgan fingerprint density at radius 1 is 1.32 bits per heavy atom. The smallest absolute Gasteiger partial charge is 0.319 e. The van der Waals surface area contributed by atoms with E-state index in [2.05, 4.69) is 15.6 Å². The quantitative estimate of drug-likeness (QED) is 0.616. The average Bonchev–Trinajstić information content (AvgIpc) is 2.57. The summed E-state index contributed by atoms with van der Waals surface area (Å²) >= 11 is 0. The van der Waals surface area contributed by atoms with Gasteiger partial charge >= 0.3 is 11.7 Å². The van der Waals surface area contributed by atoms with Crippen LogP contribution in [0.4, 0.5) is 20.6 Å². The molecule has 2 amide bonds. The molecule has 0 fully saturated rings. The molecule has 2 rings (SSSR count). The Morgan fingerprint density at radius 2 is 2.00 bits per heavy atom. The van der Waals surface area contributed by atoms with E-state index < -0.39 is 23.1 Å². The van der Waals surface area contributed by atoms with Crippen molar-refractivity contribution in [3.63, 3.8) is 0 Å². The number of nitrogens with one attached hydrogen (secondary N) is 2. The third kappa shape index (κ3) is 4.70. The normalized spacial score (nSPS) is 12.9. The molecule has 1 heterocycles. The molecule has 0 radical (unpaired) electrons. The van der Waals surface area contributed by atoms with Crippen molar-refractivity contribution < 1.29 is 18.8 Å². The van der Waals surface area contributed by atoms with Crippen molar-refractivity contribution in [2.75, 3.05) is 12.4 Å². The van der Waals surface area contributed by atoms with Gasteiger partial charge in [-0.25, -0.2) is 9.18 Å². The number of methoxy groups -OCH3 is 1. The molecule has 25 heavy (non-hydrogen) atoms. The van der Waals surface area contributed by atoms with Crippen LogP contribution in [-0.2, 0) is 4.74 Å². The molecule has 2 aromatic rings. The first-order valence-corrected chi connectivity index (χ1v) is 7.36. The van der Waals surface area contributed by atoms with E-state index in [9.17, 15) is 19.3 Å². The number of hydrogen-bond acceptors (Lipinski definition) is 5. The number of amides is 2. The van der Waals surface area contributed by atoms with E-state index in [0.29, 0.717) is 5.56 Å². The number of benzene rings is 1. The van der Waals surface area contributed by atoms with E-state index in [1.54, 1.807) is 19.1 Å². The van der Waals surface area contributed by atoms with Crippen LogP contribution in [0.1, 0.15) is 18.6 Å². The molecule has 8 nitrogen and oxygen atoms in total. The number of ether oxygens (including phenoxy) is 1. The van der Waals surface area contributed by atoms with Gasteiger partial charge in [0.15, 0.2) is 0 Å². The topological polar surface area (TPSA) is 106 Å². The molecule has 132 valence electrons. The van der Waals surface area contributed by atoms with Gasteiger partial charge < -0.3 is 15.4 Å². The minimum absolute atomic E-state index is 0.0282. The lowest BCUT2D eigenvalue weighted by Crippen LogP contribution is -2.40. The number of carbonyl (C=O) groups is 1. The summed E-state index contributed by atoms with van der Waals surface area (Å²) in [5.41, 5.74) is 0.402. The van der Waals surface area contributed by atoms with Crippen LogP contribution in [0.3, 0.4) is 0 Å². The van der Waals surface area contributed by atoms with E-state index in [1.165, 1.54) is 31.5 Å². The van der Waals surface area contributed by atoms with Crippen LogP contribution in [0.2, 0.25) is 0 Å². The number of hydrogen-bond donors (Lipinski definition) is 2. The number of nitro groups is 1. The summed E-state index contributed by atoms with van der Waals surface area (Å²) in [6, 6.07) is 5.95. The maximum atomic E-state index is 13.0. The van der Waals surface area contributed by atoms with Crippen molar-refractivity contribution in [3.05, 3.63) is 64.2 Å². The number of anilines is 1. The van der Waals surface area contributed by atoms with Crippen LogP contribution in [0, 0.1) is 15.9 Å². The second-order valence-electron chi connectivity index (χ2n) is 5.24. The molecule has 0 saturated heterocycles. The summed E-state index contributed by atoms with van der Waals surface area (Å²) in [6.07, 6.45) is 1.87. The van der Waals surface area contributed by atoms with E-state index in [1.807, 2.05) is 0 Å². The van der Waals surface area contributed by atoms with Crippen molar-refractivity contribution in [2.45, 2.75) is 19.1 Å². The summed E-state index contributed by atoms with van der Waals surface area (Å²) in [6.45, 7) is 1.71. The molecular weight excluding hydrogens is 331 g/mol. The first-order chi connectivity index (χ1) is 11.9. The predicted molar refractivity (Wildman–Crippen MR) is 88.7 cm³/mol. The van der Waals surface area contributed by atoms with Gasteiger partial charge in [0.05, 0.1) is 11.0 Å². The molecule has 1 aromatic heterocycles.